The quantitative estimate of drug-likeness (QED) is 0.416. The normalized spacial score (nSPS) is 10.1. The maximum Gasteiger partial charge on any atom is 0.339 e. The van der Waals surface area contributed by atoms with Crippen molar-refractivity contribution in [1.29, 1.82) is 0 Å². The number of anilines is 1. The van der Waals surface area contributed by atoms with Gasteiger partial charge >= 0.3 is 5.97 Å². The van der Waals surface area contributed by atoms with E-state index in [1.54, 1.807) is 6.92 Å². The Balaban J connectivity index is 1.99. The van der Waals surface area contributed by atoms with Gasteiger partial charge in [-0.3, -0.25) is 24.7 Å². The molecule has 25 heavy (non-hydrogen) atoms. The summed E-state index contributed by atoms with van der Waals surface area (Å²) in [4.78, 5) is 47.0. The molecule has 0 unspecified atom stereocenters. The number of nitro groups is 1. The number of nitro benzene ring substituents is 1. The number of ether oxygens (including phenoxy) is 1. The Labute approximate surface area is 140 Å². The maximum absolute atomic E-state index is 11.8. The number of benzene rings is 1. The molecule has 10 heteroatoms. The van der Waals surface area contributed by atoms with Crippen LogP contribution in [0.15, 0.2) is 35.1 Å². The molecule has 0 saturated carbocycles. The second-order valence-corrected chi connectivity index (χ2v) is 5.00. The molecular formula is C15H13N3O7. The number of esters is 1. The number of carbonyl (C=O) groups is 2. The highest BCUT2D eigenvalue weighted by molar-refractivity contribution is 5.95. The topological polar surface area (TPSA) is 152 Å². The summed E-state index contributed by atoms with van der Waals surface area (Å²) in [5.74, 6) is -2.22. The van der Waals surface area contributed by atoms with Gasteiger partial charge in [-0.25, -0.2) is 4.79 Å². The van der Waals surface area contributed by atoms with Crippen molar-refractivity contribution in [2.24, 2.45) is 0 Å². The second kappa shape index (κ2) is 7.25. The average Bonchev–Trinajstić information content (AvgIpc) is 2.53. The van der Waals surface area contributed by atoms with Crippen LogP contribution in [0.5, 0.6) is 5.88 Å². The summed E-state index contributed by atoms with van der Waals surface area (Å²) < 4.78 is 4.72. The molecule has 0 fully saturated rings. The molecular weight excluding hydrogens is 334 g/mol. The van der Waals surface area contributed by atoms with Crippen LogP contribution in [0.4, 0.5) is 11.4 Å². The van der Waals surface area contributed by atoms with E-state index in [0.29, 0.717) is 5.56 Å². The Morgan fingerprint density at radius 2 is 2.04 bits per heavy atom. The summed E-state index contributed by atoms with van der Waals surface area (Å²) in [6.45, 7) is 0.885. The van der Waals surface area contributed by atoms with Crippen molar-refractivity contribution in [3.63, 3.8) is 0 Å². The molecule has 0 aliphatic heterocycles. The van der Waals surface area contributed by atoms with Gasteiger partial charge in [-0.05, 0) is 13.0 Å². The van der Waals surface area contributed by atoms with E-state index in [1.807, 2.05) is 4.98 Å². The first-order valence-electron chi connectivity index (χ1n) is 6.91. The summed E-state index contributed by atoms with van der Waals surface area (Å²) in [6.07, 6.45) is 0. The van der Waals surface area contributed by atoms with Crippen LogP contribution in [0.1, 0.15) is 15.9 Å². The Kier molecular flexibility index (Phi) is 5.12. The molecule has 1 aromatic heterocycles. The van der Waals surface area contributed by atoms with Crippen LogP contribution >= 0.6 is 0 Å². The zero-order chi connectivity index (χ0) is 18.6. The van der Waals surface area contributed by atoms with E-state index in [9.17, 15) is 29.6 Å². The number of aromatic amines is 1. The summed E-state index contributed by atoms with van der Waals surface area (Å²) in [6, 6.07) is 6.01. The van der Waals surface area contributed by atoms with E-state index in [1.165, 1.54) is 18.2 Å². The fourth-order valence-electron chi connectivity index (χ4n) is 1.94. The van der Waals surface area contributed by atoms with Crippen molar-refractivity contribution < 1.29 is 24.4 Å². The smallest absolute Gasteiger partial charge is 0.339 e. The third-order valence-corrected chi connectivity index (χ3v) is 3.09. The van der Waals surface area contributed by atoms with Gasteiger partial charge in [-0.1, -0.05) is 6.07 Å². The Hall–Kier alpha value is -3.69. The molecule has 2 rings (SSSR count). The van der Waals surface area contributed by atoms with Crippen molar-refractivity contribution in [2.45, 2.75) is 6.92 Å². The highest BCUT2D eigenvalue weighted by atomic mass is 16.6. The van der Waals surface area contributed by atoms with Crippen molar-refractivity contribution >= 4 is 23.3 Å². The lowest BCUT2D eigenvalue weighted by atomic mass is 10.2. The van der Waals surface area contributed by atoms with Crippen molar-refractivity contribution in [3.8, 4) is 5.88 Å². The molecule has 0 bridgehead atoms. The molecule has 0 aliphatic carbocycles. The molecule has 0 atom stereocenters. The predicted octanol–water partition coefficient (Wildman–Crippen LogP) is 1.09. The Morgan fingerprint density at radius 3 is 2.68 bits per heavy atom. The lowest BCUT2D eigenvalue weighted by Crippen LogP contribution is -2.21. The van der Waals surface area contributed by atoms with Gasteiger partial charge < -0.3 is 15.2 Å². The van der Waals surface area contributed by atoms with Gasteiger partial charge in [0.25, 0.3) is 17.2 Å². The Bertz CT molecular complexity index is 904. The van der Waals surface area contributed by atoms with Crippen LogP contribution in [0.25, 0.3) is 0 Å². The number of nitrogens with zero attached hydrogens (tertiary/aromatic N) is 1. The van der Waals surface area contributed by atoms with Gasteiger partial charge in [-0.15, -0.1) is 0 Å². The Morgan fingerprint density at radius 1 is 1.32 bits per heavy atom. The lowest BCUT2D eigenvalue weighted by Gasteiger charge is -2.07. The van der Waals surface area contributed by atoms with Gasteiger partial charge in [-0.2, -0.15) is 0 Å². The molecule has 2 aromatic rings. The van der Waals surface area contributed by atoms with E-state index in [0.717, 1.165) is 12.1 Å². The number of pyridine rings is 1. The summed E-state index contributed by atoms with van der Waals surface area (Å²) >= 11 is 0. The molecule has 0 radical (unpaired) electrons. The number of nitrogens with one attached hydrogen (secondary N) is 2. The molecule has 0 spiro atoms. The van der Waals surface area contributed by atoms with Gasteiger partial charge in [0.15, 0.2) is 12.5 Å². The third-order valence-electron chi connectivity index (χ3n) is 3.09. The van der Waals surface area contributed by atoms with E-state index >= 15 is 0 Å². The van der Waals surface area contributed by atoms with Crippen molar-refractivity contribution in [1.82, 2.24) is 4.98 Å². The highest BCUT2D eigenvalue weighted by Crippen LogP contribution is 2.22. The van der Waals surface area contributed by atoms with Gasteiger partial charge in [0.1, 0.15) is 0 Å². The largest absolute Gasteiger partial charge is 0.494 e. The monoisotopic (exact) mass is 347 g/mol. The van der Waals surface area contributed by atoms with Crippen LogP contribution < -0.4 is 10.9 Å². The fraction of sp³-hybridized carbons (Fsp3) is 0.133. The van der Waals surface area contributed by atoms with E-state index < -0.39 is 34.8 Å². The SMILES string of the molecule is Cc1ccc(NC(=O)COC(=O)c2cc(O)[nH]c(=O)c2)cc1[N+](=O)[O-]. The number of carbonyl (C=O) groups excluding carboxylic acids is 2. The van der Waals surface area contributed by atoms with Crippen LogP contribution in [0, 0.1) is 17.0 Å². The van der Waals surface area contributed by atoms with Gasteiger partial charge in [0, 0.05) is 29.4 Å². The molecule has 0 aliphatic rings. The van der Waals surface area contributed by atoms with E-state index in [2.05, 4.69) is 5.32 Å². The van der Waals surface area contributed by atoms with Gasteiger partial charge in [0.05, 0.1) is 10.5 Å². The van der Waals surface area contributed by atoms with Crippen LogP contribution in [-0.2, 0) is 9.53 Å². The minimum absolute atomic E-state index is 0.159. The summed E-state index contributed by atoms with van der Waals surface area (Å²) in [5.41, 5.74) is -0.479. The number of hydrogen-bond donors (Lipinski definition) is 3. The summed E-state index contributed by atoms with van der Waals surface area (Å²) in [5, 5.41) is 22.4. The molecule has 10 nitrogen and oxygen atoms in total. The zero-order valence-corrected chi connectivity index (χ0v) is 12.9. The van der Waals surface area contributed by atoms with Crippen LogP contribution in [0.3, 0.4) is 0 Å². The number of amides is 1. The zero-order valence-electron chi connectivity index (χ0n) is 12.9. The third kappa shape index (κ3) is 4.64. The molecule has 0 saturated heterocycles. The molecule has 1 amide bonds. The first-order valence-corrected chi connectivity index (χ1v) is 6.91. The molecule has 3 N–H and O–H groups in total. The van der Waals surface area contributed by atoms with Crippen LogP contribution in [-0.4, -0.2) is 33.5 Å². The van der Waals surface area contributed by atoms with Crippen LogP contribution in [0.2, 0.25) is 0 Å². The fourth-order valence-corrected chi connectivity index (χ4v) is 1.94. The minimum Gasteiger partial charge on any atom is -0.494 e. The number of H-pyrrole nitrogens is 1. The first-order chi connectivity index (χ1) is 11.8. The predicted molar refractivity (Wildman–Crippen MR) is 85.5 cm³/mol. The average molecular weight is 347 g/mol. The molecule has 1 heterocycles. The second-order valence-electron chi connectivity index (χ2n) is 5.00. The van der Waals surface area contributed by atoms with Crippen molar-refractivity contribution in [2.75, 3.05) is 11.9 Å². The highest BCUT2D eigenvalue weighted by Gasteiger charge is 2.15. The number of aromatic hydroxyl groups is 1. The lowest BCUT2D eigenvalue weighted by molar-refractivity contribution is -0.385. The van der Waals surface area contributed by atoms with Crippen molar-refractivity contribution in [3.05, 3.63) is 61.9 Å². The minimum atomic E-state index is -0.980. The number of hydrogen-bond acceptors (Lipinski definition) is 7. The first kappa shape index (κ1) is 17.7. The van der Waals surface area contributed by atoms with Gasteiger partial charge in [0.2, 0.25) is 0 Å². The number of aromatic nitrogens is 1. The molecule has 130 valence electrons. The number of rotatable bonds is 5. The van der Waals surface area contributed by atoms with E-state index in [4.69, 9.17) is 4.74 Å². The van der Waals surface area contributed by atoms with E-state index in [-0.39, 0.29) is 16.9 Å². The maximum atomic E-state index is 11.8. The standard InChI is InChI=1S/C15H13N3O7/c1-8-2-3-10(6-11(8)18(23)24)16-14(21)7-25-15(22)9-4-12(19)17-13(20)5-9/h2-6H,7H2,1H3,(H,16,21)(H2,17,19,20). The molecule has 1 aromatic carbocycles. The summed E-state index contributed by atoms with van der Waals surface area (Å²) in [7, 11) is 0. The number of aryl methyl sites for hydroxylation is 1.